The van der Waals surface area contributed by atoms with E-state index in [1.54, 1.807) is 0 Å². The summed E-state index contributed by atoms with van der Waals surface area (Å²) in [6.45, 7) is 8.98. The van der Waals surface area contributed by atoms with E-state index in [4.69, 9.17) is 5.10 Å². The first-order chi connectivity index (χ1) is 9.20. The second-order valence-corrected chi connectivity index (χ2v) is 6.02. The highest BCUT2D eigenvalue weighted by Crippen LogP contribution is 2.14. The molecule has 0 aromatic carbocycles. The van der Waals surface area contributed by atoms with Crippen LogP contribution in [0.5, 0.6) is 0 Å². The molecule has 0 bridgehead atoms. The number of piperazine rings is 1. The van der Waals surface area contributed by atoms with Crippen molar-refractivity contribution in [3.05, 3.63) is 17.5 Å². The van der Waals surface area contributed by atoms with Gasteiger partial charge < -0.3 is 9.80 Å². The fraction of sp³-hybridized carbons (Fsp3) is 0.786. The molecule has 0 amide bonds. The van der Waals surface area contributed by atoms with Gasteiger partial charge in [0.15, 0.2) is 0 Å². The lowest BCUT2D eigenvalue weighted by molar-refractivity contribution is 0.146. The topological polar surface area (TPSA) is 27.5 Å². The van der Waals surface area contributed by atoms with Gasteiger partial charge in [0.1, 0.15) is 0 Å². The lowest BCUT2D eigenvalue weighted by atomic mass is 10.3. The second kappa shape index (κ2) is 5.61. The van der Waals surface area contributed by atoms with Crippen molar-refractivity contribution in [2.24, 2.45) is 0 Å². The molecular formula is C14H25N5. The van der Waals surface area contributed by atoms with Crippen LogP contribution in [0.1, 0.15) is 17.8 Å². The standard InChI is InChI=1S/C14H25N5/c1-16-6-8-18(9-7-16)11-13-10-14-12-17(2)4-3-5-19(14)15-13/h10H,3-9,11-12H2,1-2H3. The van der Waals surface area contributed by atoms with Crippen molar-refractivity contribution in [3.63, 3.8) is 0 Å². The number of fused-ring (bicyclic) bond motifs is 1. The van der Waals surface area contributed by atoms with Crippen molar-refractivity contribution < 1.29 is 0 Å². The highest BCUT2D eigenvalue weighted by Gasteiger charge is 2.18. The maximum Gasteiger partial charge on any atom is 0.0768 e. The van der Waals surface area contributed by atoms with Gasteiger partial charge in [0.2, 0.25) is 0 Å². The predicted molar refractivity (Wildman–Crippen MR) is 76.0 cm³/mol. The van der Waals surface area contributed by atoms with Gasteiger partial charge in [-0.3, -0.25) is 9.58 Å². The van der Waals surface area contributed by atoms with E-state index >= 15 is 0 Å². The number of hydrogen-bond donors (Lipinski definition) is 0. The van der Waals surface area contributed by atoms with E-state index in [1.165, 1.54) is 50.5 Å². The molecule has 0 unspecified atom stereocenters. The van der Waals surface area contributed by atoms with E-state index in [0.717, 1.165) is 19.6 Å². The summed E-state index contributed by atoms with van der Waals surface area (Å²) in [6.07, 6.45) is 1.21. The minimum Gasteiger partial charge on any atom is -0.304 e. The average Bonchev–Trinajstić information content (AvgIpc) is 2.66. The van der Waals surface area contributed by atoms with Crippen molar-refractivity contribution in [2.75, 3.05) is 46.8 Å². The molecule has 5 nitrogen and oxygen atoms in total. The van der Waals surface area contributed by atoms with Crippen LogP contribution in [-0.4, -0.2) is 71.3 Å². The van der Waals surface area contributed by atoms with Crippen LogP contribution in [0.3, 0.4) is 0 Å². The van der Waals surface area contributed by atoms with E-state index in [0.29, 0.717) is 0 Å². The quantitative estimate of drug-likeness (QED) is 0.775. The summed E-state index contributed by atoms with van der Waals surface area (Å²) >= 11 is 0. The molecule has 0 N–H and O–H groups in total. The van der Waals surface area contributed by atoms with Gasteiger partial charge in [0.25, 0.3) is 0 Å². The lowest BCUT2D eigenvalue weighted by Gasteiger charge is -2.31. The monoisotopic (exact) mass is 263 g/mol. The number of aromatic nitrogens is 2. The summed E-state index contributed by atoms with van der Waals surface area (Å²) in [5.41, 5.74) is 2.62. The number of nitrogens with zero attached hydrogens (tertiary/aromatic N) is 5. The van der Waals surface area contributed by atoms with Gasteiger partial charge in [-0.05, 0) is 26.6 Å². The molecule has 2 aliphatic heterocycles. The normalized spacial score (nSPS) is 23.3. The Bertz CT molecular complexity index is 419. The maximum atomic E-state index is 4.79. The fourth-order valence-corrected chi connectivity index (χ4v) is 2.99. The molecule has 0 aliphatic carbocycles. The molecule has 106 valence electrons. The summed E-state index contributed by atoms with van der Waals surface area (Å²) in [4.78, 5) is 7.31. The third-order valence-electron chi connectivity index (χ3n) is 4.24. The Hall–Kier alpha value is -0.910. The van der Waals surface area contributed by atoms with Gasteiger partial charge in [0.05, 0.1) is 11.4 Å². The van der Waals surface area contributed by atoms with Crippen molar-refractivity contribution in [1.82, 2.24) is 24.5 Å². The van der Waals surface area contributed by atoms with Gasteiger partial charge in [-0.2, -0.15) is 5.10 Å². The molecule has 0 spiro atoms. The Morgan fingerprint density at radius 3 is 2.58 bits per heavy atom. The highest BCUT2D eigenvalue weighted by atomic mass is 15.3. The zero-order valence-corrected chi connectivity index (χ0v) is 12.2. The molecule has 1 aromatic rings. The molecule has 0 atom stereocenters. The minimum atomic E-state index is 1.01. The summed E-state index contributed by atoms with van der Waals surface area (Å²) in [5, 5.41) is 4.79. The zero-order valence-electron chi connectivity index (χ0n) is 12.2. The number of hydrogen-bond acceptors (Lipinski definition) is 4. The molecule has 3 rings (SSSR count). The van der Waals surface area contributed by atoms with Gasteiger partial charge in [-0.1, -0.05) is 0 Å². The number of aryl methyl sites for hydroxylation is 1. The van der Waals surface area contributed by atoms with E-state index in [1.807, 2.05) is 0 Å². The van der Waals surface area contributed by atoms with E-state index in [-0.39, 0.29) is 0 Å². The zero-order chi connectivity index (χ0) is 13.2. The Labute approximate surface area is 115 Å². The third kappa shape index (κ3) is 3.16. The molecule has 1 aromatic heterocycles. The summed E-state index contributed by atoms with van der Waals surface area (Å²) in [5.74, 6) is 0. The largest absolute Gasteiger partial charge is 0.304 e. The minimum absolute atomic E-state index is 1.01. The van der Waals surface area contributed by atoms with Crippen LogP contribution in [0.25, 0.3) is 0 Å². The Balaban J connectivity index is 1.64. The van der Waals surface area contributed by atoms with Crippen LogP contribution in [0, 0.1) is 0 Å². The molecule has 2 aliphatic rings. The molecule has 19 heavy (non-hydrogen) atoms. The van der Waals surface area contributed by atoms with Crippen molar-refractivity contribution >= 4 is 0 Å². The molecular weight excluding hydrogens is 238 g/mol. The SMILES string of the molecule is CN1CCN(Cc2cc3n(n2)CCCN(C)C3)CC1. The van der Waals surface area contributed by atoms with Crippen LogP contribution in [-0.2, 0) is 19.6 Å². The molecule has 3 heterocycles. The molecule has 5 heteroatoms. The van der Waals surface area contributed by atoms with Gasteiger partial charge in [-0.25, -0.2) is 0 Å². The fourth-order valence-electron chi connectivity index (χ4n) is 2.99. The molecule has 0 saturated carbocycles. The summed E-state index contributed by atoms with van der Waals surface area (Å²) < 4.78 is 2.22. The summed E-state index contributed by atoms with van der Waals surface area (Å²) in [7, 11) is 4.40. The molecule has 1 saturated heterocycles. The van der Waals surface area contributed by atoms with Gasteiger partial charge >= 0.3 is 0 Å². The highest BCUT2D eigenvalue weighted by molar-refractivity contribution is 5.11. The molecule has 1 fully saturated rings. The lowest BCUT2D eigenvalue weighted by Crippen LogP contribution is -2.43. The predicted octanol–water partition coefficient (Wildman–Crippen LogP) is 0.466. The Morgan fingerprint density at radius 1 is 1.00 bits per heavy atom. The first kappa shape index (κ1) is 13.1. The van der Waals surface area contributed by atoms with Gasteiger partial charge in [0, 0.05) is 52.4 Å². The van der Waals surface area contributed by atoms with Crippen molar-refractivity contribution in [2.45, 2.75) is 26.1 Å². The van der Waals surface area contributed by atoms with E-state index in [2.05, 4.69) is 39.5 Å². The van der Waals surface area contributed by atoms with E-state index < -0.39 is 0 Å². The van der Waals surface area contributed by atoms with Crippen LogP contribution in [0.4, 0.5) is 0 Å². The summed E-state index contributed by atoms with van der Waals surface area (Å²) in [6, 6.07) is 2.31. The number of rotatable bonds is 2. The van der Waals surface area contributed by atoms with Gasteiger partial charge in [-0.15, -0.1) is 0 Å². The Kier molecular flexibility index (Phi) is 3.86. The Morgan fingerprint density at radius 2 is 1.79 bits per heavy atom. The maximum absolute atomic E-state index is 4.79. The van der Waals surface area contributed by atoms with Crippen LogP contribution >= 0.6 is 0 Å². The van der Waals surface area contributed by atoms with Crippen molar-refractivity contribution in [1.29, 1.82) is 0 Å². The smallest absolute Gasteiger partial charge is 0.0768 e. The molecule has 0 radical (unpaired) electrons. The second-order valence-electron chi connectivity index (χ2n) is 6.02. The van der Waals surface area contributed by atoms with E-state index in [9.17, 15) is 0 Å². The number of likely N-dealkylation sites (N-methyl/N-ethyl adjacent to an activating group) is 1. The van der Waals surface area contributed by atoms with Crippen LogP contribution in [0.15, 0.2) is 6.07 Å². The van der Waals surface area contributed by atoms with Crippen LogP contribution < -0.4 is 0 Å². The third-order valence-corrected chi connectivity index (χ3v) is 4.24. The first-order valence-corrected chi connectivity index (χ1v) is 7.36. The van der Waals surface area contributed by atoms with Crippen LogP contribution in [0.2, 0.25) is 0 Å². The van der Waals surface area contributed by atoms with Crippen molar-refractivity contribution in [3.8, 4) is 0 Å². The average molecular weight is 263 g/mol. The first-order valence-electron chi connectivity index (χ1n) is 7.36.